The van der Waals surface area contributed by atoms with Crippen LogP contribution in [0.5, 0.6) is 23.0 Å². The lowest BCUT2D eigenvalue weighted by Crippen LogP contribution is -2.15. The zero-order valence-corrected chi connectivity index (χ0v) is 16.2. The van der Waals surface area contributed by atoms with E-state index < -0.39 is 0 Å². The number of hydrogen-bond acceptors (Lipinski definition) is 6. The summed E-state index contributed by atoms with van der Waals surface area (Å²) in [4.78, 5) is 24.8. The Hall–Kier alpha value is -3.22. The maximum Gasteiger partial charge on any atom is 0.255 e. The Kier molecular flexibility index (Phi) is 6.03. The van der Waals surface area contributed by atoms with Crippen LogP contribution in [0.3, 0.4) is 0 Å². The number of anilines is 1. The molecule has 1 heterocycles. The standard InChI is InChI=1S/C21H23NO6/c1-4-5-6-26-16-8-14(7-15(9-16)25-3)21(24)22-18-11-20-19(27-12-28-20)10-17(18)13(2)23/h7-11H,4-6,12H2,1-3H3,(H,22,24). The highest BCUT2D eigenvalue weighted by Gasteiger charge is 2.21. The molecule has 2 aromatic rings. The van der Waals surface area contributed by atoms with Gasteiger partial charge < -0.3 is 24.3 Å². The number of carbonyl (C=O) groups excluding carboxylic acids is 2. The molecule has 1 aliphatic rings. The summed E-state index contributed by atoms with van der Waals surface area (Å²) in [6, 6.07) is 8.16. The lowest BCUT2D eigenvalue weighted by Gasteiger charge is -2.13. The van der Waals surface area contributed by atoms with Crippen LogP contribution in [0.4, 0.5) is 5.69 Å². The number of carbonyl (C=O) groups is 2. The first kappa shape index (κ1) is 19.5. The van der Waals surface area contributed by atoms with Crippen LogP contribution >= 0.6 is 0 Å². The van der Waals surface area contributed by atoms with Crippen molar-refractivity contribution in [3.63, 3.8) is 0 Å². The molecule has 7 heteroatoms. The molecule has 0 atom stereocenters. The number of unbranched alkanes of at least 4 members (excludes halogenated alkanes) is 1. The summed E-state index contributed by atoms with van der Waals surface area (Å²) in [5, 5.41) is 2.78. The average Bonchev–Trinajstić information content (AvgIpc) is 3.14. The van der Waals surface area contributed by atoms with Gasteiger partial charge in [-0.2, -0.15) is 0 Å². The minimum absolute atomic E-state index is 0.0818. The molecule has 0 bridgehead atoms. The molecule has 0 aromatic heterocycles. The van der Waals surface area contributed by atoms with Gasteiger partial charge >= 0.3 is 0 Å². The molecule has 28 heavy (non-hydrogen) atoms. The Morgan fingerprint density at radius 3 is 2.46 bits per heavy atom. The van der Waals surface area contributed by atoms with Crippen LogP contribution in [0.1, 0.15) is 47.4 Å². The number of ketones is 1. The van der Waals surface area contributed by atoms with Gasteiger partial charge in [-0.05, 0) is 31.5 Å². The quantitative estimate of drug-likeness (QED) is 0.545. The summed E-state index contributed by atoms with van der Waals surface area (Å²) in [6.45, 7) is 4.14. The number of methoxy groups -OCH3 is 1. The Balaban J connectivity index is 1.86. The molecule has 0 spiro atoms. The van der Waals surface area contributed by atoms with E-state index >= 15 is 0 Å². The number of rotatable bonds is 8. The van der Waals surface area contributed by atoms with Gasteiger partial charge in [-0.3, -0.25) is 9.59 Å². The summed E-state index contributed by atoms with van der Waals surface area (Å²) in [5.74, 6) is 1.45. The number of benzene rings is 2. The third-order valence-corrected chi connectivity index (χ3v) is 4.28. The zero-order valence-electron chi connectivity index (χ0n) is 16.2. The second-order valence-corrected chi connectivity index (χ2v) is 6.36. The highest BCUT2D eigenvalue weighted by atomic mass is 16.7. The summed E-state index contributed by atoms with van der Waals surface area (Å²) in [6.07, 6.45) is 1.92. The number of nitrogens with one attached hydrogen (secondary N) is 1. The van der Waals surface area contributed by atoms with Crippen molar-refractivity contribution in [2.75, 3.05) is 25.8 Å². The van der Waals surface area contributed by atoms with Crippen LogP contribution in [0.2, 0.25) is 0 Å². The largest absolute Gasteiger partial charge is 0.497 e. The van der Waals surface area contributed by atoms with Crippen LogP contribution in [-0.4, -0.2) is 32.2 Å². The fourth-order valence-electron chi connectivity index (χ4n) is 2.77. The Bertz CT molecular complexity index is 893. The molecule has 0 aliphatic carbocycles. The van der Waals surface area contributed by atoms with Crippen molar-refractivity contribution in [2.24, 2.45) is 0 Å². The number of ether oxygens (including phenoxy) is 4. The van der Waals surface area contributed by atoms with Crippen LogP contribution in [-0.2, 0) is 0 Å². The van der Waals surface area contributed by atoms with E-state index in [-0.39, 0.29) is 18.5 Å². The van der Waals surface area contributed by atoms with Crippen molar-refractivity contribution in [3.8, 4) is 23.0 Å². The smallest absolute Gasteiger partial charge is 0.255 e. The normalized spacial score (nSPS) is 11.8. The minimum atomic E-state index is -0.388. The maximum atomic E-state index is 12.8. The third-order valence-electron chi connectivity index (χ3n) is 4.28. The summed E-state index contributed by atoms with van der Waals surface area (Å²) >= 11 is 0. The lowest BCUT2D eigenvalue weighted by molar-refractivity contribution is 0.101. The second kappa shape index (κ2) is 8.65. The molecular formula is C21H23NO6. The van der Waals surface area contributed by atoms with Crippen molar-refractivity contribution in [1.82, 2.24) is 0 Å². The maximum absolute atomic E-state index is 12.8. The van der Waals surface area contributed by atoms with Gasteiger partial charge in [0.05, 0.1) is 19.4 Å². The van der Waals surface area contributed by atoms with Crippen LogP contribution in [0.15, 0.2) is 30.3 Å². The molecule has 0 saturated heterocycles. The molecule has 2 aromatic carbocycles. The lowest BCUT2D eigenvalue weighted by atomic mass is 10.1. The Morgan fingerprint density at radius 2 is 1.79 bits per heavy atom. The Morgan fingerprint density at radius 1 is 1.07 bits per heavy atom. The topological polar surface area (TPSA) is 83.1 Å². The number of fused-ring (bicyclic) bond motifs is 1. The van der Waals surface area contributed by atoms with Crippen LogP contribution in [0.25, 0.3) is 0 Å². The zero-order chi connectivity index (χ0) is 20.1. The van der Waals surface area contributed by atoms with Crippen molar-refractivity contribution in [3.05, 3.63) is 41.5 Å². The molecule has 1 amide bonds. The fraction of sp³-hybridized carbons (Fsp3) is 0.333. The molecule has 0 radical (unpaired) electrons. The van der Waals surface area contributed by atoms with E-state index in [0.29, 0.717) is 46.4 Å². The first-order valence-electron chi connectivity index (χ1n) is 9.09. The van der Waals surface area contributed by atoms with Crippen molar-refractivity contribution in [1.29, 1.82) is 0 Å². The van der Waals surface area contributed by atoms with Gasteiger partial charge in [0.25, 0.3) is 5.91 Å². The first-order chi connectivity index (χ1) is 13.5. The van der Waals surface area contributed by atoms with E-state index in [1.807, 2.05) is 0 Å². The molecule has 0 fully saturated rings. The van der Waals surface area contributed by atoms with Gasteiger partial charge in [-0.1, -0.05) is 13.3 Å². The van der Waals surface area contributed by atoms with Crippen LogP contribution < -0.4 is 24.3 Å². The third kappa shape index (κ3) is 4.36. The molecule has 0 unspecified atom stereocenters. The highest BCUT2D eigenvalue weighted by Crippen LogP contribution is 2.37. The number of hydrogen-bond donors (Lipinski definition) is 1. The van der Waals surface area contributed by atoms with Crippen LogP contribution in [0, 0.1) is 0 Å². The van der Waals surface area contributed by atoms with Crippen molar-refractivity contribution in [2.45, 2.75) is 26.7 Å². The molecule has 3 rings (SSSR count). The number of Topliss-reactive ketones (excluding diaryl/α,β-unsaturated/α-hetero) is 1. The minimum Gasteiger partial charge on any atom is -0.497 e. The predicted octanol–water partition coefficient (Wildman–Crippen LogP) is 4.06. The average molecular weight is 385 g/mol. The summed E-state index contributed by atoms with van der Waals surface area (Å²) < 4.78 is 21.6. The second-order valence-electron chi connectivity index (χ2n) is 6.36. The summed E-state index contributed by atoms with van der Waals surface area (Å²) in [5.41, 5.74) is 1.07. The van der Waals surface area contributed by atoms with Crippen molar-refractivity contribution < 1.29 is 28.5 Å². The van der Waals surface area contributed by atoms with Gasteiger partial charge in [0.1, 0.15) is 11.5 Å². The van der Waals surface area contributed by atoms with E-state index in [4.69, 9.17) is 18.9 Å². The Labute approximate surface area is 163 Å². The monoisotopic (exact) mass is 385 g/mol. The molecular weight excluding hydrogens is 362 g/mol. The first-order valence-corrected chi connectivity index (χ1v) is 9.09. The van der Waals surface area contributed by atoms with Gasteiger partial charge in [0.2, 0.25) is 6.79 Å². The molecule has 148 valence electrons. The van der Waals surface area contributed by atoms with Gasteiger partial charge in [0, 0.05) is 23.3 Å². The predicted molar refractivity (Wildman–Crippen MR) is 104 cm³/mol. The van der Waals surface area contributed by atoms with Gasteiger partial charge in [-0.25, -0.2) is 0 Å². The van der Waals surface area contributed by atoms with E-state index in [9.17, 15) is 9.59 Å². The van der Waals surface area contributed by atoms with E-state index in [0.717, 1.165) is 12.8 Å². The van der Waals surface area contributed by atoms with Gasteiger partial charge in [-0.15, -0.1) is 0 Å². The molecule has 1 aliphatic heterocycles. The van der Waals surface area contributed by atoms with E-state index in [1.165, 1.54) is 14.0 Å². The van der Waals surface area contributed by atoms with Gasteiger partial charge in [0.15, 0.2) is 17.3 Å². The van der Waals surface area contributed by atoms with E-state index in [2.05, 4.69) is 12.2 Å². The highest BCUT2D eigenvalue weighted by molar-refractivity contribution is 6.09. The molecule has 7 nitrogen and oxygen atoms in total. The van der Waals surface area contributed by atoms with E-state index in [1.54, 1.807) is 30.3 Å². The molecule has 0 saturated carbocycles. The molecule has 1 N–H and O–H groups in total. The number of amides is 1. The van der Waals surface area contributed by atoms with Crippen molar-refractivity contribution >= 4 is 17.4 Å². The SMILES string of the molecule is CCCCOc1cc(OC)cc(C(=O)Nc2cc3c(cc2C(C)=O)OCO3)c1. The summed E-state index contributed by atoms with van der Waals surface area (Å²) in [7, 11) is 1.53. The fourth-order valence-corrected chi connectivity index (χ4v) is 2.77.